The second-order valence-electron chi connectivity index (χ2n) is 3.86. The maximum absolute atomic E-state index is 11.9. The normalized spacial score (nSPS) is 11.2. The number of ether oxygens (including phenoxy) is 1. The second-order valence-corrected chi connectivity index (χ2v) is 3.86. The summed E-state index contributed by atoms with van der Waals surface area (Å²) in [5.74, 6) is 0.319. The van der Waals surface area contributed by atoms with Crippen molar-refractivity contribution in [3.8, 4) is 6.07 Å². The van der Waals surface area contributed by atoms with E-state index in [4.69, 9.17) is 10.4 Å². The Bertz CT molecular complexity index is 460. The summed E-state index contributed by atoms with van der Waals surface area (Å²) in [7, 11) is 0. The molecule has 5 nitrogen and oxygen atoms in total. The van der Waals surface area contributed by atoms with Gasteiger partial charge >= 0.3 is 6.18 Å². The molecule has 0 saturated heterocycles. The molecule has 1 aromatic rings. The number of aromatic nitrogens is 1. The topological polar surface area (TPSA) is 69.4 Å². The highest BCUT2D eigenvalue weighted by Gasteiger charge is 2.27. The van der Waals surface area contributed by atoms with Crippen molar-refractivity contribution in [1.29, 1.82) is 5.26 Å². The number of anilines is 1. The minimum absolute atomic E-state index is 0.0995. The zero-order valence-electron chi connectivity index (χ0n) is 10.6. The summed E-state index contributed by atoms with van der Waals surface area (Å²) >= 11 is 0. The molecule has 1 heterocycles. The van der Waals surface area contributed by atoms with E-state index in [1.807, 2.05) is 6.07 Å². The highest BCUT2D eigenvalue weighted by molar-refractivity contribution is 5.53. The molecule has 0 aliphatic heterocycles. The van der Waals surface area contributed by atoms with Crippen LogP contribution in [0.1, 0.15) is 5.56 Å². The lowest BCUT2D eigenvalue weighted by Crippen LogP contribution is -2.32. The summed E-state index contributed by atoms with van der Waals surface area (Å²) in [6.07, 6.45) is -2.90. The van der Waals surface area contributed by atoms with Gasteiger partial charge in [0.2, 0.25) is 0 Å². The lowest BCUT2D eigenvalue weighted by Gasteiger charge is -2.23. The van der Waals surface area contributed by atoms with Crippen molar-refractivity contribution in [1.82, 2.24) is 4.98 Å². The van der Waals surface area contributed by atoms with Crippen molar-refractivity contribution < 1.29 is 23.0 Å². The molecule has 0 aliphatic rings. The van der Waals surface area contributed by atoms with E-state index in [2.05, 4.69) is 9.72 Å². The predicted molar refractivity (Wildman–Crippen MR) is 65.1 cm³/mol. The van der Waals surface area contributed by atoms with E-state index in [0.29, 0.717) is 5.82 Å². The fraction of sp³-hybridized carbons (Fsp3) is 0.500. The highest BCUT2D eigenvalue weighted by atomic mass is 19.4. The minimum atomic E-state index is -4.37. The van der Waals surface area contributed by atoms with E-state index < -0.39 is 12.8 Å². The number of rotatable bonds is 7. The van der Waals surface area contributed by atoms with Gasteiger partial charge in [0.25, 0.3) is 0 Å². The summed E-state index contributed by atoms with van der Waals surface area (Å²) in [5, 5.41) is 17.9. The van der Waals surface area contributed by atoms with Crippen molar-refractivity contribution in [3.05, 3.63) is 23.9 Å². The van der Waals surface area contributed by atoms with Gasteiger partial charge < -0.3 is 14.7 Å². The molecule has 0 saturated carbocycles. The number of nitriles is 1. The van der Waals surface area contributed by atoms with E-state index in [1.54, 1.807) is 12.1 Å². The van der Waals surface area contributed by atoms with Gasteiger partial charge in [-0.15, -0.1) is 0 Å². The van der Waals surface area contributed by atoms with Crippen LogP contribution in [0.3, 0.4) is 0 Å². The number of hydrogen-bond acceptors (Lipinski definition) is 5. The Morgan fingerprint density at radius 2 is 2.15 bits per heavy atom. The van der Waals surface area contributed by atoms with E-state index in [9.17, 15) is 13.2 Å². The Labute approximate surface area is 114 Å². The van der Waals surface area contributed by atoms with Gasteiger partial charge in [-0.2, -0.15) is 18.4 Å². The molecule has 20 heavy (non-hydrogen) atoms. The summed E-state index contributed by atoms with van der Waals surface area (Å²) in [6, 6.07) is 5.07. The third kappa shape index (κ3) is 5.42. The molecule has 0 atom stereocenters. The van der Waals surface area contributed by atoms with Gasteiger partial charge in [0.05, 0.1) is 18.8 Å². The summed E-state index contributed by atoms with van der Waals surface area (Å²) < 4.78 is 40.3. The number of aliphatic hydroxyl groups excluding tert-OH is 1. The van der Waals surface area contributed by atoms with Crippen LogP contribution in [0, 0.1) is 11.3 Å². The van der Waals surface area contributed by atoms with Crippen LogP contribution in [0.4, 0.5) is 19.0 Å². The van der Waals surface area contributed by atoms with Crippen LogP contribution in [0.2, 0.25) is 0 Å². The maximum atomic E-state index is 11.9. The smallest absolute Gasteiger partial charge is 0.395 e. The molecular formula is C12H14F3N3O2. The molecule has 0 bridgehead atoms. The van der Waals surface area contributed by atoms with Gasteiger partial charge in [0.15, 0.2) is 0 Å². The van der Waals surface area contributed by atoms with Crippen LogP contribution < -0.4 is 4.90 Å². The SMILES string of the molecule is N#Cc1cccnc1N(CCO)CCOCC(F)(F)F. The average Bonchev–Trinajstić information content (AvgIpc) is 2.41. The van der Waals surface area contributed by atoms with Crippen LogP contribution in [0.15, 0.2) is 18.3 Å². The first-order chi connectivity index (χ1) is 9.48. The first-order valence-electron chi connectivity index (χ1n) is 5.83. The third-order valence-electron chi connectivity index (χ3n) is 2.35. The lowest BCUT2D eigenvalue weighted by molar-refractivity contribution is -0.173. The number of aliphatic hydroxyl groups is 1. The number of hydrogen-bond donors (Lipinski definition) is 1. The van der Waals surface area contributed by atoms with Crippen molar-refractivity contribution in [3.63, 3.8) is 0 Å². The molecule has 0 aliphatic carbocycles. The zero-order valence-corrected chi connectivity index (χ0v) is 10.6. The molecule has 110 valence electrons. The quantitative estimate of drug-likeness (QED) is 0.767. The Kier molecular flexibility index (Phi) is 6.21. The molecule has 1 rings (SSSR count). The van der Waals surface area contributed by atoms with Gasteiger partial charge in [-0.1, -0.05) is 0 Å². The summed E-state index contributed by atoms with van der Waals surface area (Å²) in [4.78, 5) is 5.52. The molecule has 1 N–H and O–H groups in total. The van der Waals surface area contributed by atoms with E-state index >= 15 is 0 Å². The van der Waals surface area contributed by atoms with Crippen LogP contribution in [0.5, 0.6) is 0 Å². The lowest BCUT2D eigenvalue weighted by atomic mass is 10.2. The van der Waals surface area contributed by atoms with E-state index in [0.717, 1.165) is 0 Å². The van der Waals surface area contributed by atoms with Crippen LogP contribution >= 0.6 is 0 Å². The first kappa shape index (κ1) is 16.2. The number of alkyl halides is 3. The molecule has 8 heteroatoms. The molecule has 0 unspecified atom stereocenters. The monoisotopic (exact) mass is 289 g/mol. The maximum Gasteiger partial charge on any atom is 0.411 e. The van der Waals surface area contributed by atoms with Gasteiger partial charge in [-0.05, 0) is 12.1 Å². The van der Waals surface area contributed by atoms with Gasteiger partial charge in [-0.3, -0.25) is 0 Å². The van der Waals surface area contributed by atoms with Crippen molar-refractivity contribution in [2.45, 2.75) is 6.18 Å². The molecule has 0 aromatic carbocycles. The van der Waals surface area contributed by atoms with E-state index in [-0.39, 0.29) is 31.9 Å². The zero-order chi connectivity index (χ0) is 15.0. The minimum Gasteiger partial charge on any atom is -0.395 e. The van der Waals surface area contributed by atoms with Crippen LogP contribution in [-0.2, 0) is 4.74 Å². The van der Waals surface area contributed by atoms with Crippen molar-refractivity contribution >= 4 is 5.82 Å². The summed E-state index contributed by atoms with van der Waals surface area (Å²) in [5.41, 5.74) is 0.289. The molecular weight excluding hydrogens is 275 g/mol. The third-order valence-corrected chi connectivity index (χ3v) is 2.35. The molecule has 0 radical (unpaired) electrons. The molecule has 1 aromatic heterocycles. The highest BCUT2D eigenvalue weighted by Crippen LogP contribution is 2.17. The second kappa shape index (κ2) is 7.67. The Balaban J connectivity index is 2.63. The van der Waals surface area contributed by atoms with Gasteiger partial charge in [0.1, 0.15) is 18.5 Å². The first-order valence-corrected chi connectivity index (χ1v) is 5.83. The van der Waals surface area contributed by atoms with Crippen LogP contribution in [-0.4, -0.2) is 49.2 Å². The predicted octanol–water partition coefficient (Wildman–Crippen LogP) is 1.33. The van der Waals surface area contributed by atoms with Crippen LogP contribution in [0.25, 0.3) is 0 Å². The fourth-order valence-electron chi connectivity index (χ4n) is 1.54. The van der Waals surface area contributed by atoms with Gasteiger partial charge in [0, 0.05) is 19.3 Å². The standard InChI is InChI=1S/C12H14F3N3O2/c13-12(14,15)9-20-7-5-18(4-6-19)11-10(8-16)2-1-3-17-11/h1-3,19H,4-7,9H2. The van der Waals surface area contributed by atoms with Gasteiger partial charge in [-0.25, -0.2) is 4.98 Å². The Hall–Kier alpha value is -1.85. The molecule has 0 fully saturated rings. The summed E-state index contributed by atoms with van der Waals surface area (Å²) in [6.45, 7) is -1.46. The molecule has 0 amide bonds. The average molecular weight is 289 g/mol. The van der Waals surface area contributed by atoms with Crippen molar-refractivity contribution in [2.24, 2.45) is 0 Å². The fourth-order valence-corrected chi connectivity index (χ4v) is 1.54. The number of nitrogens with zero attached hydrogens (tertiary/aromatic N) is 3. The van der Waals surface area contributed by atoms with Crippen molar-refractivity contribution in [2.75, 3.05) is 37.8 Å². The largest absolute Gasteiger partial charge is 0.411 e. The Morgan fingerprint density at radius 3 is 2.75 bits per heavy atom. The Morgan fingerprint density at radius 1 is 1.40 bits per heavy atom. The number of halogens is 3. The van der Waals surface area contributed by atoms with E-state index in [1.165, 1.54) is 11.1 Å². The molecule has 0 spiro atoms. The number of pyridine rings is 1.